The number of benzene rings is 5. The topological polar surface area (TPSA) is 48.4 Å². The summed E-state index contributed by atoms with van der Waals surface area (Å²) in [5.74, 6) is 2.65. The molecule has 7 rings (SSSR count). The number of hydrogen-bond donors (Lipinski definition) is 0. The molecule has 0 bridgehead atoms. The first-order chi connectivity index (χ1) is 18.7. The third-order valence-electron chi connectivity index (χ3n) is 6.86. The minimum atomic E-state index is -3.13. The highest BCUT2D eigenvalue weighted by Crippen LogP contribution is 2.48. The first kappa shape index (κ1) is 22.5. The van der Waals surface area contributed by atoms with E-state index in [1.165, 1.54) is 0 Å². The third kappa shape index (κ3) is 3.78. The second-order valence-electron chi connectivity index (χ2n) is 9.22. The number of nitrogens with zero attached hydrogens (tertiary/aromatic N) is 1. The van der Waals surface area contributed by atoms with Gasteiger partial charge < -0.3 is 14.0 Å². The normalized spacial score (nSPS) is 12.2. The maximum atomic E-state index is 14.8. The van der Waals surface area contributed by atoms with E-state index in [2.05, 4.69) is 17.1 Å². The summed E-state index contributed by atoms with van der Waals surface area (Å²) in [6.07, 6.45) is 3.50. The minimum absolute atomic E-state index is 0.630. The minimum Gasteiger partial charge on any atom is -0.449 e. The molecule has 5 aromatic carbocycles. The maximum absolute atomic E-state index is 14.8. The van der Waals surface area contributed by atoms with E-state index in [1.807, 2.05) is 109 Å². The van der Waals surface area contributed by atoms with Crippen molar-refractivity contribution in [2.24, 2.45) is 0 Å². The number of hydrogen-bond acceptors (Lipinski definition) is 4. The Morgan fingerprint density at radius 3 is 1.66 bits per heavy atom. The lowest BCUT2D eigenvalue weighted by Gasteiger charge is -2.22. The molecule has 5 heteroatoms. The van der Waals surface area contributed by atoms with Gasteiger partial charge in [0.15, 0.2) is 30.1 Å². The maximum Gasteiger partial charge on any atom is 0.172 e. The number of ether oxygens (including phenoxy) is 2. The molecule has 0 fully saturated rings. The van der Waals surface area contributed by atoms with Gasteiger partial charge in [-0.05, 0) is 46.7 Å². The van der Waals surface area contributed by atoms with Crippen molar-refractivity contribution in [3.63, 3.8) is 0 Å². The lowest BCUT2D eigenvalue weighted by molar-refractivity contribution is 0.360. The fourth-order valence-corrected chi connectivity index (χ4v) is 7.56. The van der Waals surface area contributed by atoms with Crippen LogP contribution >= 0.6 is 7.14 Å². The van der Waals surface area contributed by atoms with Crippen LogP contribution in [0.4, 0.5) is 0 Å². The summed E-state index contributed by atoms with van der Waals surface area (Å²) in [6, 6.07) is 39.2. The number of rotatable bonds is 4. The molecule has 0 saturated carbocycles. The second-order valence-corrected chi connectivity index (χ2v) is 12.0. The van der Waals surface area contributed by atoms with Crippen LogP contribution in [0.25, 0.3) is 21.9 Å². The average Bonchev–Trinajstić information content (AvgIpc) is 2.99. The van der Waals surface area contributed by atoms with Crippen molar-refractivity contribution >= 4 is 33.8 Å². The summed E-state index contributed by atoms with van der Waals surface area (Å²) in [5, 5.41) is 4.41. The van der Waals surface area contributed by atoms with Crippen molar-refractivity contribution in [2.75, 3.05) is 0 Å². The number of pyridine rings is 1. The Labute approximate surface area is 220 Å². The average molecular weight is 512 g/mol. The summed E-state index contributed by atoms with van der Waals surface area (Å²) in [6.45, 7) is 0. The van der Waals surface area contributed by atoms with Crippen LogP contribution in [0.3, 0.4) is 0 Å². The highest BCUT2D eigenvalue weighted by Gasteiger charge is 2.30. The molecule has 1 aliphatic rings. The zero-order valence-electron chi connectivity index (χ0n) is 20.3. The van der Waals surface area contributed by atoms with Crippen LogP contribution < -0.4 is 25.4 Å². The van der Waals surface area contributed by atoms with Crippen LogP contribution in [0.15, 0.2) is 134 Å². The molecule has 0 radical (unpaired) electrons. The molecule has 0 amide bonds. The summed E-state index contributed by atoms with van der Waals surface area (Å²) in [4.78, 5) is 4.52. The van der Waals surface area contributed by atoms with Gasteiger partial charge in [0, 0.05) is 33.9 Å². The van der Waals surface area contributed by atoms with Gasteiger partial charge in [0.2, 0.25) is 0 Å². The molecule has 0 saturated heterocycles. The molecule has 1 aromatic heterocycles. The van der Waals surface area contributed by atoms with E-state index in [9.17, 15) is 4.57 Å². The monoisotopic (exact) mass is 511 g/mol. The van der Waals surface area contributed by atoms with Gasteiger partial charge in [0.25, 0.3) is 0 Å². The van der Waals surface area contributed by atoms with Crippen LogP contribution in [0, 0.1) is 0 Å². The Hall–Kier alpha value is -4.66. The van der Waals surface area contributed by atoms with E-state index in [4.69, 9.17) is 9.47 Å². The Kier molecular flexibility index (Phi) is 5.35. The van der Waals surface area contributed by atoms with Crippen molar-refractivity contribution in [3.8, 4) is 34.1 Å². The second kappa shape index (κ2) is 9.02. The lowest BCUT2D eigenvalue weighted by atomic mass is 10.1. The molecular formula is C33H22NO3P. The van der Waals surface area contributed by atoms with Crippen LogP contribution in [-0.4, -0.2) is 4.98 Å². The lowest BCUT2D eigenvalue weighted by Crippen LogP contribution is -2.25. The van der Waals surface area contributed by atoms with Crippen LogP contribution in [-0.2, 0) is 4.57 Å². The summed E-state index contributed by atoms with van der Waals surface area (Å²) >= 11 is 0. The van der Waals surface area contributed by atoms with E-state index >= 15 is 0 Å². The van der Waals surface area contributed by atoms with Crippen molar-refractivity contribution in [2.45, 2.75) is 0 Å². The van der Waals surface area contributed by atoms with E-state index in [0.717, 1.165) is 32.5 Å². The predicted molar refractivity (Wildman–Crippen MR) is 153 cm³/mol. The van der Waals surface area contributed by atoms with Gasteiger partial charge in [0.1, 0.15) is 0 Å². The molecule has 2 heterocycles. The predicted octanol–water partition coefficient (Wildman–Crippen LogP) is 7.44. The van der Waals surface area contributed by atoms with Gasteiger partial charge in [-0.3, -0.25) is 4.98 Å². The molecule has 0 aliphatic carbocycles. The highest BCUT2D eigenvalue weighted by atomic mass is 31.2. The molecule has 0 atom stereocenters. The largest absolute Gasteiger partial charge is 0.449 e. The first-order valence-electron chi connectivity index (χ1n) is 12.4. The molecule has 0 N–H and O–H groups in total. The van der Waals surface area contributed by atoms with Gasteiger partial charge in [0.05, 0.1) is 0 Å². The third-order valence-corrected chi connectivity index (χ3v) is 9.88. The van der Waals surface area contributed by atoms with Crippen molar-refractivity contribution in [3.05, 3.63) is 134 Å². The highest BCUT2D eigenvalue weighted by molar-refractivity contribution is 7.85. The van der Waals surface area contributed by atoms with Crippen LogP contribution in [0.2, 0.25) is 0 Å². The molecule has 0 spiro atoms. The fraction of sp³-hybridized carbons (Fsp3) is 0. The zero-order chi connectivity index (χ0) is 25.5. The Balaban J connectivity index is 1.30. The van der Waals surface area contributed by atoms with Crippen LogP contribution in [0.1, 0.15) is 0 Å². The van der Waals surface area contributed by atoms with E-state index in [0.29, 0.717) is 28.3 Å². The molecule has 38 heavy (non-hydrogen) atoms. The molecular weight excluding hydrogens is 489 g/mol. The number of aromatic nitrogens is 1. The standard InChI is InChI=1S/C33H22NO3P/c35-38(27-11-3-1-4-12-27,28-13-5-2-6-14-28)29-17-26(21-34-22-29)25-15-16-30-31(20-25)37-33-19-24-10-8-7-9-23(24)18-32(33)36-30/h1-22H. The van der Waals surface area contributed by atoms with Gasteiger partial charge >= 0.3 is 0 Å². The smallest absolute Gasteiger partial charge is 0.172 e. The van der Waals surface area contributed by atoms with E-state index < -0.39 is 7.14 Å². The van der Waals surface area contributed by atoms with E-state index in [1.54, 1.807) is 12.4 Å². The summed E-state index contributed by atoms with van der Waals surface area (Å²) in [5.41, 5.74) is 1.75. The molecule has 182 valence electrons. The van der Waals surface area contributed by atoms with E-state index in [-0.39, 0.29) is 0 Å². The van der Waals surface area contributed by atoms with Crippen molar-refractivity contribution in [1.29, 1.82) is 0 Å². The van der Waals surface area contributed by atoms with Crippen molar-refractivity contribution in [1.82, 2.24) is 4.98 Å². The zero-order valence-corrected chi connectivity index (χ0v) is 21.2. The molecule has 6 aromatic rings. The molecule has 4 nitrogen and oxygen atoms in total. The Morgan fingerprint density at radius 1 is 0.474 bits per heavy atom. The van der Waals surface area contributed by atoms with Gasteiger partial charge in [-0.1, -0.05) is 91.0 Å². The first-order valence-corrected chi connectivity index (χ1v) is 14.1. The molecule has 1 aliphatic heterocycles. The summed E-state index contributed by atoms with van der Waals surface area (Å²) in [7, 11) is -3.13. The Morgan fingerprint density at radius 2 is 1.03 bits per heavy atom. The van der Waals surface area contributed by atoms with Gasteiger partial charge in [-0.2, -0.15) is 0 Å². The molecule has 0 unspecified atom stereocenters. The quantitative estimate of drug-likeness (QED) is 0.231. The SMILES string of the molecule is O=P(c1ccccc1)(c1ccccc1)c1cncc(-c2ccc3c(c2)Oc2cc4ccccc4cc2O3)c1. The van der Waals surface area contributed by atoms with Crippen molar-refractivity contribution < 1.29 is 14.0 Å². The summed E-state index contributed by atoms with van der Waals surface area (Å²) < 4.78 is 27.3. The Bertz CT molecular complexity index is 1810. The fourth-order valence-electron chi connectivity index (χ4n) is 4.93. The van der Waals surface area contributed by atoms with Gasteiger partial charge in [-0.15, -0.1) is 0 Å². The van der Waals surface area contributed by atoms with Crippen LogP contribution in [0.5, 0.6) is 23.0 Å². The number of fused-ring (bicyclic) bond motifs is 3. The van der Waals surface area contributed by atoms with Gasteiger partial charge in [-0.25, -0.2) is 0 Å².